The van der Waals surface area contributed by atoms with Gasteiger partial charge in [-0.2, -0.15) is 0 Å². The fourth-order valence-corrected chi connectivity index (χ4v) is 3.16. The van der Waals surface area contributed by atoms with E-state index in [1.807, 2.05) is 24.3 Å². The van der Waals surface area contributed by atoms with Gasteiger partial charge < -0.3 is 0 Å². The van der Waals surface area contributed by atoms with Gasteiger partial charge in [0.15, 0.2) is 0 Å². The predicted molar refractivity (Wildman–Crippen MR) is 99.7 cm³/mol. The van der Waals surface area contributed by atoms with Crippen LogP contribution in [0.25, 0.3) is 0 Å². The molecule has 0 aromatic heterocycles. The third-order valence-electron chi connectivity index (χ3n) is 3.94. The Labute approximate surface area is 147 Å². The van der Waals surface area contributed by atoms with E-state index in [-0.39, 0.29) is 0 Å². The second kappa shape index (κ2) is 7.21. The van der Waals surface area contributed by atoms with Gasteiger partial charge in [0.2, 0.25) is 0 Å². The Hall–Kier alpha value is -1.76. The van der Waals surface area contributed by atoms with Crippen LogP contribution < -0.4 is 0 Å². The van der Waals surface area contributed by atoms with Gasteiger partial charge in [0.1, 0.15) is 0 Å². The van der Waals surface area contributed by atoms with E-state index in [2.05, 4.69) is 49.4 Å². The van der Waals surface area contributed by atoms with E-state index < -0.39 is 0 Å². The molecule has 0 unspecified atom stereocenters. The zero-order chi connectivity index (χ0) is 16.2. The van der Waals surface area contributed by atoms with Crippen LogP contribution in [0.5, 0.6) is 0 Å². The molecule has 0 aliphatic carbocycles. The van der Waals surface area contributed by atoms with E-state index in [1.54, 1.807) is 0 Å². The molecule has 116 valence electrons. The van der Waals surface area contributed by atoms with Gasteiger partial charge in [-0.1, -0.05) is 83.4 Å². The number of halogens is 2. The number of aryl methyl sites for hydroxylation is 1. The molecule has 0 N–H and O–H groups in total. The number of hydrogen-bond acceptors (Lipinski definition) is 0. The van der Waals surface area contributed by atoms with Crippen molar-refractivity contribution in [2.75, 3.05) is 0 Å². The molecule has 0 spiro atoms. The van der Waals surface area contributed by atoms with Crippen molar-refractivity contribution in [2.24, 2.45) is 0 Å². The maximum Gasteiger partial charge on any atom is 0.0476 e. The van der Waals surface area contributed by atoms with Crippen LogP contribution in [-0.2, 0) is 12.8 Å². The summed E-state index contributed by atoms with van der Waals surface area (Å²) in [6.45, 7) is 2.11. The molecule has 0 aliphatic rings. The molecule has 0 nitrogen and oxygen atoms in total. The SMILES string of the molecule is Cc1cccc(Cc2cccc(Cc3ccc(Cl)cc3)c2Cl)c1. The van der Waals surface area contributed by atoms with E-state index in [1.165, 1.54) is 22.3 Å². The summed E-state index contributed by atoms with van der Waals surface area (Å²) in [5, 5.41) is 1.62. The van der Waals surface area contributed by atoms with Gasteiger partial charge in [0.25, 0.3) is 0 Å². The monoisotopic (exact) mass is 340 g/mol. The first-order valence-corrected chi connectivity index (χ1v) is 8.43. The van der Waals surface area contributed by atoms with Crippen molar-refractivity contribution in [1.82, 2.24) is 0 Å². The smallest absolute Gasteiger partial charge is 0.0476 e. The van der Waals surface area contributed by atoms with Crippen LogP contribution >= 0.6 is 23.2 Å². The second-order valence-corrected chi connectivity index (χ2v) is 6.67. The van der Waals surface area contributed by atoms with Crippen molar-refractivity contribution in [1.29, 1.82) is 0 Å². The molecule has 0 saturated heterocycles. The van der Waals surface area contributed by atoms with Gasteiger partial charge in [-0.15, -0.1) is 0 Å². The van der Waals surface area contributed by atoms with E-state index in [0.29, 0.717) is 0 Å². The Morgan fingerprint density at radius 3 is 1.96 bits per heavy atom. The van der Waals surface area contributed by atoms with Gasteiger partial charge >= 0.3 is 0 Å². The highest BCUT2D eigenvalue weighted by Crippen LogP contribution is 2.26. The summed E-state index contributed by atoms with van der Waals surface area (Å²) in [7, 11) is 0. The van der Waals surface area contributed by atoms with Crippen molar-refractivity contribution >= 4 is 23.2 Å². The first-order valence-electron chi connectivity index (χ1n) is 7.68. The first kappa shape index (κ1) is 16.1. The predicted octanol–water partition coefficient (Wildman–Crippen LogP) is 6.48. The van der Waals surface area contributed by atoms with Crippen LogP contribution in [0.4, 0.5) is 0 Å². The molecular formula is C21H18Cl2. The topological polar surface area (TPSA) is 0 Å². The zero-order valence-corrected chi connectivity index (χ0v) is 14.5. The fraction of sp³-hybridized carbons (Fsp3) is 0.143. The number of hydrogen-bond donors (Lipinski definition) is 0. The largest absolute Gasteiger partial charge is 0.0843 e. The van der Waals surface area contributed by atoms with Crippen LogP contribution in [0.2, 0.25) is 10.0 Å². The molecule has 2 heteroatoms. The molecule has 3 rings (SSSR count). The van der Waals surface area contributed by atoms with Crippen molar-refractivity contribution in [3.05, 3.63) is 105 Å². The highest BCUT2D eigenvalue weighted by Gasteiger charge is 2.08. The Bertz CT molecular complexity index is 804. The van der Waals surface area contributed by atoms with E-state index in [0.717, 1.165) is 28.5 Å². The molecule has 3 aromatic rings. The standard InChI is InChI=1S/C21H18Cl2/c1-15-4-2-5-17(12-15)14-19-7-3-6-18(21(19)23)13-16-8-10-20(22)11-9-16/h2-12H,13-14H2,1H3. The Balaban J connectivity index is 1.84. The third kappa shape index (κ3) is 4.16. The summed E-state index contributed by atoms with van der Waals surface area (Å²) in [6, 6.07) is 22.8. The quantitative estimate of drug-likeness (QED) is 0.509. The lowest BCUT2D eigenvalue weighted by atomic mass is 9.98. The molecule has 0 radical (unpaired) electrons. The third-order valence-corrected chi connectivity index (χ3v) is 4.68. The van der Waals surface area contributed by atoms with Crippen molar-refractivity contribution in [2.45, 2.75) is 19.8 Å². The molecular weight excluding hydrogens is 323 g/mol. The fourth-order valence-electron chi connectivity index (χ4n) is 2.77. The minimum absolute atomic E-state index is 0.757. The Morgan fingerprint density at radius 1 is 0.696 bits per heavy atom. The summed E-state index contributed by atoms with van der Waals surface area (Å²) < 4.78 is 0. The van der Waals surface area contributed by atoms with Crippen molar-refractivity contribution < 1.29 is 0 Å². The normalized spacial score (nSPS) is 10.7. The lowest BCUT2D eigenvalue weighted by molar-refractivity contribution is 1.13. The van der Waals surface area contributed by atoms with Crippen LogP contribution in [0, 0.1) is 6.92 Å². The number of rotatable bonds is 4. The minimum atomic E-state index is 0.757. The maximum atomic E-state index is 6.65. The number of benzene rings is 3. The molecule has 23 heavy (non-hydrogen) atoms. The van der Waals surface area contributed by atoms with Gasteiger partial charge in [-0.05, 0) is 54.2 Å². The van der Waals surface area contributed by atoms with Gasteiger partial charge in [-0.25, -0.2) is 0 Å². The Morgan fingerprint density at radius 2 is 1.30 bits per heavy atom. The van der Waals surface area contributed by atoms with Crippen molar-refractivity contribution in [3.63, 3.8) is 0 Å². The lowest BCUT2D eigenvalue weighted by Crippen LogP contribution is -1.95. The summed E-state index contributed by atoms with van der Waals surface area (Å²) in [4.78, 5) is 0. The first-order chi connectivity index (χ1) is 11.1. The van der Waals surface area contributed by atoms with E-state index >= 15 is 0 Å². The Kier molecular flexibility index (Phi) is 5.05. The summed E-state index contributed by atoms with van der Waals surface area (Å²) >= 11 is 12.6. The molecule has 0 aliphatic heterocycles. The highest BCUT2D eigenvalue weighted by atomic mass is 35.5. The molecule has 3 aromatic carbocycles. The average molecular weight is 341 g/mol. The van der Waals surface area contributed by atoms with Gasteiger partial charge in [0.05, 0.1) is 0 Å². The molecule has 0 saturated carbocycles. The summed E-state index contributed by atoms with van der Waals surface area (Å²) in [5.74, 6) is 0. The van der Waals surface area contributed by atoms with Crippen LogP contribution in [-0.4, -0.2) is 0 Å². The van der Waals surface area contributed by atoms with E-state index in [4.69, 9.17) is 23.2 Å². The van der Waals surface area contributed by atoms with E-state index in [9.17, 15) is 0 Å². The lowest BCUT2D eigenvalue weighted by Gasteiger charge is -2.11. The maximum absolute atomic E-state index is 6.65. The molecule has 0 bridgehead atoms. The summed E-state index contributed by atoms with van der Waals surface area (Å²) in [6.07, 6.45) is 1.67. The van der Waals surface area contributed by atoms with Crippen LogP contribution in [0.15, 0.2) is 66.7 Å². The minimum Gasteiger partial charge on any atom is -0.0843 e. The molecule has 0 amide bonds. The summed E-state index contributed by atoms with van der Waals surface area (Å²) in [5.41, 5.74) is 6.10. The average Bonchev–Trinajstić information content (AvgIpc) is 2.53. The van der Waals surface area contributed by atoms with Gasteiger partial charge in [-0.3, -0.25) is 0 Å². The highest BCUT2D eigenvalue weighted by molar-refractivity contribution is 6.32. The van der Waals surface area contributed by atoms with Gasteiger partial charge in [0, 0.05) is 10.0 Å². The molecule has 0 fully saturated rings. The molecule has 0 atom stereocenters. The van der Waals surface area contributed by atoms with Crippen LogP contribution in [0.3, 0.4) is 0 Å². The van der Waals surface area contributed by atoms with Crippen molar-refractivity contribution in [3.8, 4) is 0 Å². The van der Waals surface area contributed by atoms with Crippen LogP contribution in [0.1, 0.15) is 27.8 Å². The zero-order valence-electron chi connectivity index (χ0n) is 13.0. The molecule has 0 heterocycles. The second-order valence-electron chi connectivity index (χ2n) is 5.86.